The lowest BCUT2D eigenvalue weighted by Gasteiger charge is -2.18. The number of hydrogen-bond acceptors (Lipinski definition) is 6. The monoisotopic (exact) mass is 441 g/mol. The van der Waals surface area contributed by atoms with E-state index in [1.54, 1.807) is 36.3 Å². The molecule has 0 aliphatic carbocycles. The minimum atomic E-state index is -0.238. The molecule has 8 heteroatoms. The van der Waals surface area contributed by atoms with Crippen LogP contribution in [0.4, 0.5) is 5.69 Å². The Balaban J connectivity index is 1.93. The first-order chi connectivity index (χ1) is 14.6. The number of anilines is 1. The van der Waals surface area contributed by atoms with Crippen molar-refractivity contribution in [3.05, 3.63) is 58.7 Å². The van der Waals surface area contributed by atoms with E-state index in [9.17, 15) is 4.79 Å². The average molecular weight is 442 g/mol. The smallest absolute Gasteiger partial charge is 0.283 e. The molecule has 30 heavy (non-hydrogen) atoms. The van der Waals surface area contributed by atoms with Crippen molar-refractivity contribution < 1.29 is 14.3 Å². The van der Waals surface area contributed by atoms with E-state index in [1.807, 2.05) is 24.3 Å². The van der Waals surface area contributed by atoms with Gasteiger partial charge in [-0.2, -0.15) is 5.26 Å². The zero-order valence-electron chi connectivity index (χ0n) is 16.6. The molecule has 1 aliphatic rings. The zero-order chi connectivity index (χ0) is 21.5. The lowest BCUT2D eigenvalue weighted by Crippen LogP contribution is -2.30. The predicted octanol–water partition coefficient (Wildman–Crippen LogP) is 5.14. The average Bonchev–Trinajstić information content (AvgIpc) is 3.07. The van der Waals surface area contributed by atoms with Crippen molar-refractivity contribution in [3.63, 3.8) is 0 Å². The van der Waals surface area contributed by atoms with Gasteiger partial charge in [-0.1, -0.05) is 35.5 Å². The summed E-state index contributed by atoms with van der Waals surface area (Å²) in [6, 6.07) is 14.7. The van der Waals surface area contributed by atoms with Gasteiger partial charge in [0.15, 0.2) is 5.17 Å². The first-order valence-corrected chi connectivity index (χ1v) is 10.6. The summed E-state index contributed by atoms with van der Waals surface area (Å²) >= 11 is 7.58. The van der Waals surface area contributed by atoms with Crippen molar-refractivity contribution in [1.29, 1.82) is 5.26 Å². The van der Waals surface area contributed by atoms with Crippen LogP contribution >= 0.6 is 23.4 Å². The normalized spacial score (nSPS) is 14.6. The van der Waals surface area contributed by atoms with Crippen LogP contribution in [0.5, 0.6) is 11.5 Å². The Hall–Kier alpha value is -2.95. The summed E-state index contributed by atoms with van der Waals surface area (Å²) < 4.78 is 10.5. The van der Waals surface area contributed by atoms with Crippen LogP contribution in [0, 0.1) is 11.3 Å². The second-order valence-corrected chi connectivity index (χ2v) is 7.74. The van der Waals surface area contributed by atoms with E-state index in [0.717, 1.165) is 11.3 Å². The van der Waals surface area contributed by atoms with Crippen molar-refractivity contribution in [2.24, 2.45) is 4.99 Å². The number of aliphatic imine (C=N–C) groups is 1. The molecule has 154 valence electrons. The Morgan fingerprint density at radius 3 is 2.63 bits per heavy atom. The van der Waals surface area contributed by atoms with Gasteiger partial charge in [-0.3, -0.25) is 9.69 Å². The Morgan fingerprint density at radius 1 is 1.20 bits per heavy atom. The molecule has 0 bridgehead atoms. The van der Waals surface area contributed by atoms with Gasteiger partial charge in [0.1, 0.15) is 17.2 Å². The number of benzene rings is 2. The number of rotatable bonds is 7. The Bertz CT molecular complexity index is 1030. The van der Waals surface area contributed by atoms with Gasteiger partial charge in [0.05, 0.1) is 31.0 Å². The number of amides is 1. The standard InChI is InChI=1S/C22H20ClN3O3S/c1-28-17-8-5-15(6-9-17)13-19-21(27)26(22(25-19)30-12-4-3-11-24)16-7-10-18(23)20(14-16)29-2/h5-10,13-14H,3-4,12H2,1-2H3/b19-13-. The number of nitrogens with zero attached hydrogens (tertiary/aromatic N) is 3. The maximum atomic E-state index is 13.2. The van der Waals surface area contributed by atoms with Crippen LogP contribution < -0.4 is 14.4 Å². The largest absolute Gasteiger partial charge is 0.497 e. The number of ether oxygens (including phenoxy) is 2. The number of amidine groups is 1. The molecule has 0 N–H and O–H groups in total. The van der Waals surface area contributed by atoms with Crippen LogP contribution in [0.15, 0.2) is 53.2 Å². The topological polar surface area (TPSA) is 74.9 Å². The molecule has 6 nitrogen and oxygen atoms in total. The first kappa shape index (κ1) is 21.8. The molecular formula is C22H20ClN3O3S. The summed E-state index contributed by atoms with van der Waals surface area (Å²) in [7, 11) is 3.13. The Kier molecular flexibility index (Phi) is 7.39. The third-order valence-corrected chi connectivity index (χ3v) is 5.64. The highest BCUT2D eigenvalue weighted by Crippen LogP contribution is 2.34. The maximum Gasteiger partial charge on any atom is 0.283 e. The van der Waals surface area contributed by atoms with Crippen molar-refractivity contribution in [3.8, 4) is 17.6 Å². The third-order valence-electron chi connectivity index (χ3n) is 4.31. The van der Waals surface area contributed by atoms with Gasteiger partial charge in [0.25, 0.3) is 5.91 Å². The summed E-state index contributed by atoms with van der Waals surface area (Å²) in [5, 5.41) is 9.78. The Labute approximate surface area is 184 Å². The summed E-state index contributed by atoms with van der Waals surface area (Å²) in [6.07, 6.45) is 2.91. The van der Waals surface area contributed by atoms with Crippen molar-refractivity contribution in [2.75, 3.05) is 24.9 Å². The quantitative estimate of drug-likeness (QED) is 0.439. The zero-order valence-corrected chi connectivity index (χ0v) is 18.2. The lowest BCUT2D eigenvalue weighted by molar-refractivity contribution is -0.113. The summed E-state index contributed by atoms with van der Waals surface area (Å²) in [4.78, 5) is 19.3. The molecule has 0 atom stereocenters. The fourth-order valence-corrected chi connectivity index (χ4v) is 3.93. The highest BCUT2D eigenvalue weighted by atomic mass is 35.5. The fraction of sp³-hybridized carbons (Fsp3) is 0.227. The van der Waals surface area contributed by atoms with Crippen LogP contribution in [-0.4, -0.2) is 31.0 Å². The van der Waals surface area contributed by atoms with E-state index < -0.39 is 0 Å². The fourth-order valence-electron chi connectivity index (χ4n) is 2.78. The number of carbonyl (C=O) groups excluding carboxylic acids is 1. The van der Waals surface area contributed by atoms with Crippen molar-refractivity contribution in [2.45, 2.75) is 12.8 Å². The van der Waals surface area contributed by atoms with Crippen LogP contribution in [0.25, 0.3) is 6.08 Å². The van der Waals surface area contributed by atoms with E-state index >= 15 is 0 Å². The molecule has 1 heterocycles. The molecule has 0 fully saturated rings. The van der Waals surface area contributed by atoms with Gasteiger partial charge in [-0.05, 0) is 42.3 Å². The number of unbranched alkanes of at least 4 members (excludes halogenated alkanes) is 1. The molecule has 0 radical (unpaired) electrons. The van der Waals surface area contributed by atoms with Crippen molar-refractivity contribution in [1.82, 2.24) is 0 Å². The Morgan fingerprint density at radius 2 is 1.97 bits per heavy atom. The van der Waals surface area contributed by atoms with Crippen LogP contribution in [0.3, 0.4) is 0 Å². The summed E-state index contributed by atoms with van der Waals surface area (Å²) in [6.45, 7) is 0. The molecule has 3 rings (SSSR count). The molecule has 2 aromatic carbocycles. The molecule has 1 aliphatic heterocycles. The molecule has 1 amide bonds. The SMILES string of the molecule is COc1ccc(/C=C2\N=C(SCCCC#N)N(c3ccc(Cl)c(OC)c3)C2=O)cc1. The maximum absolute atomic E-state index is 13.2. The highest BCUT2D eigenvalue weighted by molar-refractivity contribution is 8.14. The molecule has 0 saturated carbocycles. The van der Waals surface area contributed by atoms with Crippen molar-refractivity contribution >= 4 is 46.2 Å². The van der Waals surface area contributed by atoms with Gasteiger partial charge < -0.3 is 9.47 Å². The van der Waals surface area contributed by atoms with E-state index in [1.165, 1.54) is 18.9 Å². The minimum absolute atomic E-state index is 0.238. The number of nitriles is 1. The van der Waals surface area contributed by atoms with Crippen LogP contribution in [-0.2, 0) is 4.79 Å². The number of carbonyl (C=O) groups is 1. The molecule has 0 saturated heterocycles. The number of thioether (sulfide) groups is 1. The number of hydrogen-bond donors (Lipinski definition) is 0. The highest BCUT2D eigenvalue weighted by Gasteiger charge is 2.32. The van der Waals surface area contributed by atoms with Gasteiger partial charge >= 0.3 is 0 Å². The van der Waals surface area contributed by atoms with Gasteiger partial charge in [0, 0.05) is 18.2 Å². The summed E-state index contributed by atoms with van der Waals surface area (Å²) in [5.41, 5.74) is 1.79. The second-order valence-electron chi connectivity index (χ2n) is 6.27. The van der Waals surface area contributed by atoms with Crippen LogP contribution in [0.2, 0.25) is 5.02 Å². The molecule has 0 unspecified atom stereocenters. The predicted molar refractivity (Wildman–Crippen MR) is 121 cm³/mol. The van der Waals surface area contributed by atoms with E-state index in [2.05, 4.69) is 11.1 Å². The van der Waals surface area contributed by atoms with Gasteiger partial charge in [-0.15, -0.1) is 0 Å². The molecule has 0 spiro atoms. The van der Waals surface area contributed by atoms with Crippen LogP contribution in [0.1, 0.15) is 18.4 Å². The molecule has 2 aromatic rings. The van der Waals surface area contributed by atoms with Gasteiger partial charge in [-0.25, -0.2) is 4.99 Å². The number of halogens is 1. The van der Waals surface area contributed by atoms with E-state index in [-0.39, 0.29) is 5.91 Å². The first-order valence-electron chi connectivity index (χ1n) is 9.19. The summed E-state index contributed by atoms with van der Waals surface area (Å²) in [5.74, 6) is 1.65. The number of methoxy groups -OCH3 is 2. The van der Waals surface area contributed by atoms with Gasteiger partial charge in [0.2, 0.25) is 0 Å². The minimum Gasteiger partial charge on any atom is -0.497 e. The lowest BCUT2D eigenvalue weighted by atomic mass is 10.2. The molecular weight excluding hydrogens is 422 g/mol. The third kappa shape index (κ3) is 4.96. The molecule has 0 aromatic heterocycles. The second kappa shape index (κ2) is 10.2. The van der Waals surface area contributed by atoms with E-state index in [0.29, 0.717) is 45.9 Å². The van der Waals surface area contributed by atoms with E-state index in [4.69, 9.17) is 26.3 Å².